The van der Waals surface area contributed by atoms with Crippen molar-refractivity contribution >= 4 is 0 Å². The van der Waals surface area contributed by atoms with Gasteiger partial charge in [0.1, 0.15) is 5.75 Å². The largest absolute Gasteiger partial charge is 0.493 e. The Hall–Kier alpha value is -1.02. The van der Waals surface area contributed by atoms with E-state index in [2.05, 4.69) is 25.1 Å². The molecule has 88 valence electrons. The average molecular weight is 219 g/mol. The Morgan fingerprint density at radius 2 is 2.25 bits per heavy atom. The fourth-order valence-corrected chi connectivity index (χ4v) is 2.30. The molecule has 0 spiro atoms. The Labute approximate surface area is 97.8 Å². The van der Waals surface area contributed by atoms with E-state index >= 15 is 0 Å². The van der Waals surface area contributed by atoms with E-state index in [1.165, 1.54) is 30.4 Å². The van der Waals surface area contributed by atoms with Gasteiger partial charge in [-0.1, -0.05) is 44.4 Å². The molecule has 1 aromatic carbocycles. The van der Waals surface area contributed by atoms with Crippen LogP contribution in [0.1, 0.15) is 49.8 Å². The molecule has 1 aromatic rings. The number of ether oxygens (including phenoxy) is 1. The number of hydrogen-bond acceptors (Lipinski definition) is 2. The van der Waals surface area contributed by atoms with Gasteiger partial charge in [-0.3, -0.25) is 0 Å². The molecule has 2 rings (SSSR count). The van der Waals surface area contributed by atoms with E-state index in [0.29, 0.717) is 0 Å². The molecule has 1 atom stereocenters. The van der Waals surface area contributed by atoms with Crippen molar-refractivity contribution in [1.29, 1.82) is 0 Å². The summed E-state index contributed by atoms with van der Waals surface area (Å²) >= 11 is 0. The van der Waals surface area contributed by atoms with E-state index < -0.39 is 0 Å². The van der Waals surface area contributed by atoms with Crippen molar-refractivity contribution in [3.05, 3.63) is 29.3 Å². The predicted molar refractivity (Wildman–Crippen MR) is 66.7 cm³/mol. The Morgan fingerprint density at radius 3 is 3.06 bits per heavy atom. The second kappa shape index (κ2) is 5.35. The van der Waals surface area contributed by atoms with Crippen LogP contribution < -0.4 is 10.5 Å². The maximum absolute atomic E-state index is 6.23. The minimum atomic E-state index is 0.139. The molecule has 0 aliphatic carbocycles. The molecule has 2 nitrogen and oxygen atoms in total. The first-order valence-corrected chi connectivity index (χ1v) is 6.33. The van der Waals surface area contributed by atoms with E-state index in [1.807, 2.05) is 0 Å². The highest BCUT2D eigenvalue weighted by Crippen LogP contribution is 2.34. The summed E-state index contributed by atoms with van der Waals surface area (Å²) in [5, 5.41) is 0. The van der Waals surface area contributed by atoms with Crippen LogP contribution in [0.3, 0.4) is 0 Å². The molecule has 0 saturated heterocycles. The van der Waals surface area contributed by atoms with Crippen LogP contribution in [-0.4, -0.2) is 6.61 Å². The van der Waals surface area contributed by atoms with E-state index in [4.69, 9.17) is 10.5 Å². The molecule has 1 aliphatic heterocycles. The highest BCUT2D eigenvalue weighted by molar-refractivity contribution is 5.45. The monoisotopic (exact) mass is 219 g/mol. The second-order valence-electron chi connectivity index (χ2n) is 4.54. The fraction of sp³-hybridized carbons (Fsp3) is 0.571. The zero-order chi connectivity index (χ0) is 11.4. The van der Waals surface area contributed by atoms with Crippen LogP contribution in [0.4, 0.5) is 0 Å². The third-order valence-electron chi connectivity index (χ3n) is 3.26. The van der Waals surface area contributed by atoms with Crippen molar-refractivity contribution < 1.29 is 4.74 Å². The van der Waals surface area contributed by atoms with Crippen LogP contribution >= 0.6 is 0 Å². The average Bonchev–Trinajstić information content (AvgIpc) is 2.76. The molecule has 2 heteroatoms. The van der Waals surface area contributed by atoms with Crippen molar-refractivity contribution in [1.82, 2.24) is 0 Å². The Kier molecular flexibility index (Phi) is 3.83. The number of rotatable bonds is 5. The molecule has 0 radical (unpaired) electrons. The van der Waals surface area contributed by atoms with Gasteiger partial charge in [0.2, 0.25) is 0 Å². The zero-order valence-corrected chi connectivity index (χ0v) is 10.0. The summed E-state index contributed by atoms with van der Waals surface area (Å²) in [6.45, 7) is 3.03. The normalized spacial score (nSPS) is 15.6. The van der Waals surface area contributed by atoms with Crippen LogP contribution in [0, 0.1) is 0 Å². The minimum Gasteiger partial charge on any atom is -0.493 e. The van der Waals surface area contributed by atoms with E-state index in [9.17, 15) is 0 Å². The summed E-state index contributed by atoms with van der Waals surface area (Å²) in [5.41, 5.74) is 8.75. The van der Waals surface area contributed by atoms with Gasteiger partial charge < -0.3 is 10.5 Å². The van der Waals surface area contributed by atoms with Crippen molar-refractivity contribution in [2.24, 2.45) is 5.73 Å². The highest BCUT2D eigenvalue weighted by atomic mass is 16.5. The van der Waals surface area contributed by atoms with E-state index in [-0.39, 0.29) is 6.04 Å². The van der Waals surface area contributed by atoms with Gasteiger partial charge in [-0.2, -0.15) is 0 Å². The fourth-order valence-electron chi connectivity index (χ4n) is 2.30. The van der Waals surface area contributed by atoms with Crippen LogP contribution in [0.25, 0.3) is 0 Å². The van der Waals surface area contributed by atoms with Gasteiger partial charge in [0.25, 0.3) is 0 Å². The molecule has 0 aromatic heterocycles. The molecule has 1 unspecified atom stereocenters. The maximum atomic E-state index is 6.23. The van der Waals surface area contributed by atoms with Crippen molar-refractivity contribution in [2.45, 2.75) is 45.1 Å². The number of hydrogen-bond donors (Lipinski definition) is 1. The van der Waals surface area contributed by atoms with Gasteiger partial charge >= 0.3 is 0 Å². The lowest BCUT2D eigenvalue weighted by atomic mass is 9.98. The van der Waals surface area contributed by atoms with Crippen LogP contribution in [-0.2, 0) is 6.42 Å². The highest BCUT2D eigenvalue weighted by Gasteiger charge is 2.19. The molecule has 16 heavy (non-hydrogen) atoms. The first-order chi connectivity index (χ1) is 7.83. The summed E-state index contributed by atoms with van der Waals surface area (Å²) in [5.74, 6) is 1.06. The second-order valence-corrected chi connectivity index (χ2v) is 4.54. The molecule has 1 aliphatic rings. The van der Waals surface area contributed by atoms with Crippen LogP contribution in [0.5, 0.6) is 5.75 Å². The Balaban J connectivity index is 2.05. The lowest BCUT2D eigenvalue weighted by Gasteiger charge is -2.15. The first kappa shape index (κ1) is 11.5. The first-order valence-electron chi connectivity index (χ1n) is 6.33. The van der Waals surface area contributed by atoms with Gasteiger partial charge in [-0.25, -0.2) is 0 Å². The number of unbranched alkanes of at least 4 members (excludes halogenated alkanes) is 2. The Morgan fingerprint density at radius 1 is 1.38 bits per heavy atom. The molecule has 0 saturated carbocycles. The summed E-state index contributed by atoms with van der Waals surface area (Å²) in [6.07, 6.45) is 5.82. The SMILES string of the molecule is CCCCCC(N)c1cccc2c1OCC2. The standard InChI is InChI=1S/C14H21NO/c1-2-3-4-8-13(15)12-7-5-6-11-9-10-16-14(11)12/h5-7,13H,2-4,8-10,15H2,1H3. The predicted octanol–water partition coefficient (Wildman–Crippen LogP) is 3.20. The van der Waals surface area contributed by atoms with E-state index in [0.717, 1.165) is 25.2 Å². The van der Waals surface area contributed by atoms with Crippen molar-refractivity contribution in [3.8, 4) is 5.75 Å². The lowest BCUT2D eigenvalue weighted by molar-refractivity contribution is 0.350. The summed E-state index contributed by atoms with van der Waals surface area (Å²) in [4.78, 5) is 0. The quantitative estimate of drug-likeness (QED) is 0.772. The van der Waals surface area contributed by atoms with Gasteiger partial charge in [0.15, 0.2) is 0 Å². The van der Waals surface area contributed by atoms with Crippen molar-refractivity contribution in [2.75, 3.05) is 6.61 Å². The van der Waals surface area contributed by atoms with Gasteiger partial charge in [0.05, 0.1) is 6.61 Å². The molecular weight excluding hydrogens is 198 g/mol. The number of fused-ring (bicyclic) bond motifs is 1. The minimum absolute atomic E-state index is 0.139. The molecular formula is C14H21NO. The Bertz CT molecular complexity index is 349. The number of benzene rings is 1. The number of nitrogens with two attached hydrogens (primary N) is 1. The zero-order valence-electron chi connectivity index (χ0n) is 10.0. The molecule has 1 heterocycles. The topological polar surface area (TPSA) is 35.2 Å². The maximum Gasteiger partial charge on any atom is 0.127 e. The third-order valence-corrected chi connectivity index (χ3v) is 3.26. The third kappa shape index (κ3) is 2.38. The molecule has 0 bridgehead atoms. The lowest BCUT2D eigenvalue weighted by Crippen LogP contribution is -2.11. The molecule has 0 fully saturated rings. The van der Waals surface area contributed by atoms with Gasteiger partial charge in [0, 0.05) is 18.0 Å². The summed E-state index contributed by atoms with van der Waals surface area (Å²) in [7, 11) is 0. The van der Waals surface area contributed by atoms with E-state index in [1.54, 1.807) is 0 Å². The van der Waals surface area contributed by atoms with Crippen LogP contribution in [0.15, 0.2) is 18.2 Å². The van der Waals surface area contributed by atoms with Crippen LogP contribution in [0.2, 0.25) is 0 Å². The number of para-hydroxylation sites is 1. The summed E-state index contributed by atoms with van der Waals surface area (Å²) < 4.78 is 5.68. The molecule has 2 N–H and O–H groups in total. The summed E-state index contributed by atoms with van der Waals surface area (Å²) in [6, 6.07) is 6.49. The van der Waals surface area contributed by atoms with Crippen molar-refractivity contribution in [3.63, 3.8) is 0 Å². The molecule has 0 amide bonds. The smallest absolute Gasteiger partial charge is 0.127 e. The van der Waals surface area contributed by atoms with Gasteiger partial charge in [-0.05, 0) is 12.0 Å². The van der Waals surface area contributed by atoms with Gasteiger partial charge in [-0.15, -0.1) is 0 Å².